The molecule has 0 aromatic rings. The third kappa shape index (κ3) is 2.26. The molecule has 0 aromatic heterocycles. The topological polar surface area (TPSA) is 47.9 Å². The molecule has 1 heterocycles. The highest BCUT2D eigenvalue weighted by Gasteiger charge is 2.62. The van der Waals surface area contributed by atoms with Gasteiger partial charge in [0, 0.05) is 24.7 Å². The Balaban J connectivity index is 1.54. The van der Waals surface area contributed by atoms with Gasteiger partial charge >= 0.3 is 0 Å². The number of fused-ring (bicyclic) bond motifs is 1. The first-order chi connectivity index (χ1) is 9.84. The Morgan fingerprint density at radius 3 is 2.00 bits per heavy atom. The quantitative estimate of drug-likeness (QED) is 0.696. The van der Waals surface area contributed by atoms with Crippen LogP contribution in [-0.4, -0.2) is 22.3 Å². The lowest BCUT2D eigenvalue weighted by molar-refractivity contribution is -0.372. The van der Waals surface area contributed by atoms with Gasteiger partial charge in [-0.3, -0.25) is 0 Å². The van der Waals surface area contributed by atoms with Crippen LogP contribution in [0.1, 0.15) is 65.7 Å². The van der Waals surface area contributed by atoms with Crippen molar-refractivity contribution in [3.8, 4) is 0 Å². The van der Waals surface area contributed by atoms with E-state index in [1.807, 2.05) is 6.92 Å². The molecule has 2 spiro atoms. The van der Waals surface area contributed by atoms with Crippen LogP contribution in [0, 0.1) is 23.7 Å². The molecule has 1 saturated heterocycles. The molecule has 4 rings (SSSR count). The van der Waals surface area contributed by atoms with Crippen LogP contribution < -0.4 is 0 Å². The van der Waals surface area contributed by atoms with E-state index in [1.54, 1.807) is 0 Å². The van der Waals surface area contributed by atoms with Crippen molar-refractivity contribution in [1.82, 2.24) is 0 Å². The average molecular weight is 296 g/mol. The SMILES string of the molecule is CC1CC2CC2CC(C)C12OOC1(CCC(C)(O)CC1)O2. The van der Waals surface area contributed by atoms with Crippen molar-refractivity contribution in [2.45, 2.75) is 82.9 Å². The first-order valence-electron chi connectivity index (χ1n) is 8.64. The standard InChI is InChI=1S/C17H28O4/c1-11-8-13-10-14(13)9-12(2)17(11)19-16(20-21-17)6-4-15(3,18)5-7-16/h11-14,18H,4-10H2,1-3H3. The largest absolute Gasteiger partial charge is 0.390 e. The molecule has 21 heavy (non-hydrogen) atoms. The molecule has 4 aliphatic rings. The van der Waals surface area contributed by atoms with Gasteiger partial charge in [-0.25, -0.2) is 0 Å². The molecule has 4 atom stereocenters. The van der Waals surface area contributed by atoms with Crippen LogP contribution in [0.2, 0.25) is 0 Å². The normalized spacial score (nSPS) is 60.0. The van der Waals surface area contributed by atoms with E-state index in [9.17, 15) is 5.11 Å². The van der Waals surface area contributed by atoms with Gasteiger partial charge in [0.15, 0.2) is 0 Å². The Morgan fingerprint density at radius 1 is 0.857 bits per heavy atom. The van der Waals surface area contributed by atoms with Crippen LogP contribution in [-0.2, 0) is 14.5 Å². The van der Waals surface area contributed by atoms with Crippen molar-refractivity contribution in [2.24, 2.45) is 23.7 Å². The van der Waals surface area contributed by atoms with E-state index < -0.39 is 17.2 Å². The molecule has 1 N–H and O–H groups in total. The fourth-order valence-corrected chi connectivity index (χ4v) is 4.80. The molecule has 1 aliphatic heterocycles. The van der Waals surface area contributed by atoms with Crippen LogP contribution in [0.15, 0.2) is 0 Å². The smallest absolute Gasteiger partial charge is 0.209 e. The van der Waals surface area contributed by atoms with E-state index in [4.69, 9.17) is 14.5 Å². The summed E-state index contributed by atoms with van der Waals surface area (Å²) in [4.78, 5) is 11.7. The Labute approximate surface area is 127 Å². The van der Waals surface area contributed by atoms with E-state index in [1.165, 1.54) is 19.3 Å². The monoisotopic (exact) mass is 296 g/mol. The molecule has 3 aliphatic carbocycles. The predicted octanol–water partition coefficient (Wildman–Crippen LogP) is 3.38. The highest BCUT2D eigenvalue weighted by Crippen LogP contribution is 2.59. The lowest BCUT2D eigenvalue weighted by Gasteiger charge is -2.40. The maximum absolute atomic E-state index is 10.2. The van der Waals surface area contributed by atoms with Gasteiger partial charge in [0.05, 0.1) is 5.60 Å². The maximum Gasteiger partial charge on any atom is 0.209 e. The summed E-state index contributed by atoms with van der Waals surface area (Å²) >= 11 is 0. The van der Waals surface area contributed by atoms with Crippen molar-refractivity contribution in [3.63, 3.8) is 0 Å². The van der Waals surface area contributed by atoms with Gasteiger partial charge in [-0.05, 0) is 50.9 Å². The van der Waals surface area contributed by atoms with Crippen LogP contribution in [0.4, 0.5) is 0 Å². The van der Waals surface area contributed by atoms with Gasteiger partial charge in [0.25, 0.3) is 0 Å². The first-order valence-corrected chi connectivity index (χ1v) is 8.64. The Kier molecular flexibility index (Phi) is 3.05. The molecule has 3 saturated carbocycles. The van der Waals surface area contributed by atoms with E-state index in [0.717, 1.165) is 11.8 Å². The lowest BCUT2D eigenvalue weighted by Crippen LogP contribution is -2.48. The average Bonchev–Trinajstić information content (AvgIpc) is 3.03. The summed E-state index contributed by atoms with van der Waals surface area (Å²) in [6.45, 7) is 6.40. The zero-order valence-corrected chi connectivity index (χ0v) is 13.4. The van der Waals surface area contributed by atoms with Crippen LogP contribution in [0.3, 0.4) is 0 Å². The molecule has 4 heteroatoms. The fraction of sp³-hybridized carbons (Fsp3) is 1.00. The summed E-state index contributed by atoms with van der Waals surface area (Å²) < 4.78 is 6.53. The summed E-state index contributed by atoms with van der Waals surface area (Å²) in [6, 6.07) is 0. The highest BCUT2D eigenvalue weighted by atomic mass is 17.3. The van der Waals surface area contributed by atoms with Crippen LogP contribution in [0.25, 0.3) is 0 Å². The van der Waals surface area contributed by atoms with Crippen LogP contribution >= 0.6 is 0 Å². The lowest BCUT2D eigenvalue weighted by atomic mass is 9.81. The summed E-state index contributed by atoms with van der Waals surface area (Å²) in [5.74, 6) is 1.28. The molecule has 0 radical (unpaired) electrons. The van der Waals surface area contributed by atoms with Gasteiger partial charge in [-0.1, -0.05) is 13.8 Å². The molecule has 4 unspecified atom stereocenters. The molecular weight excluding hydrogens is 268 g/mol. The Hall–Kier alpha value is -0.160. The zero-order chi connectivity index (χ0) is 14.9. The van der Waals surface area contributed by atoms with Crippen molar-refractivity contribution < 1.29 is 19.6 Å². The summed E-state index contributed by atoms with van der Waals surface area (Å²) in [7, 11) is 0. The number of ether oxygens (including phenoxy) is 1. The molecule has 4 nitrogen and oxygen atoms in total. The van der Waals surface area contributed by atoms with E-state index in [2.05, 4.69) is 13.8 Å². The Morgan fingerprint density at radius 2 is 1.43 bits per heavy atom. The van der Waals surface area contributed by atoms with E-state index >= 15 is 0 Å². The third-order valence-corrected chi connectivity index (χ3v) is 6.51. The van der Waals surface area contributed by atoms with Gasteiger partial charge < -0.3 is 9.84 Å². The molecular formula is C17H28O4. The minimum atomic E-state index is -0.626. The van der Waals surface area contributed by atoms with E-state index in [-0.39, 0.29) is 0 Å². The number of rotatable bonds is 0. The number of hydrogen-bond acceptors (Lipinski definition) is 4. The summed E-state index contributed by atoms with van der Waals surface area (Å²) in [5, 5.41) is 10.2. The molecule has 4 fully saturated rings. The second kappa shape index (κ2) is 4.44. The first kappa shape index (κ1) is 14.4. The van der Waals surface area contributed by atoms with Crippen molar-refractivity contribution >= 4 is 0 Å². The van der Waals surface area contributed by atoms with E-state index in [0.29, 0.717) is 37.5 Å². The molecule has 0 amide bonds. The summed E-state index contributed by atoms with van der Waals surface area (Å²) in [6.07, 6.45) is 6.61. The van der Waals surface area contributed by atoms with Crippen molar-refractivity contribution in [1.29, 1.82) is 0 Å². The maximum atomic E-state index is 10.2. The molecule has 120 valence electrons. The Bertz CT molecular complexity index is 407. The summed E-state index contributed by atoms with van der Waals surface area (Å²) in [5.41, 5.74) is -0.587. The van der Waals surface area contributed by atoms with Gasteiger partial charge in [0.1, 0.15) is 0 Å². The highest BCUT2D eigenvalue weighted by molar-refractivity contribution is 5.01. The minimum absolute atomic E-state index is 0.367. The van der Waals surface area contributed by atoms with Crippen molar-refractivity contribution in [2.75, 3.05) is 0 Å². The minimum Gasteiger partial charge on any atom is -0.390 e. The molecule has 0 aromatic carbocycles. The number of aliphatic hydroxyl groups is 1. The molecule has 0 bridgehead atoms. The van der Waals surface area contributed by atoms with Crippen LogP contribution in [0.5, 0.6) is 0 Å². The zero-order valence-electron chi connectivity index (χ0n) is 13.4. The fourth-order valence-electron chi connectivity index (χ4n) is 4.80. The van der Waals surface area contributed by atoms with Crippen molar-refractivity contribution in [3.05, 3.63) is 0 Å². The number of hydrogen-bond donors (Lipinski definition) is 1. The second-order valence-corrected chi connectivity index (χ2v) is 8.43. The van der Waals surface area contributed by atoms with Gasteiger partial charge in [0.2, 0.25) is 11.6 Å². The van der Waals surface area contributed by atoms with Gasteiger partial charge in [-0.2, -0.15) is 9.78 Å². The predicted molar refractivity (Wildman–Crippen MR) is 77.0 cm³/mol. The van der Waals surface area contributed by atoms with Gasteiger partial charge in [-0.15, -0.1) is 0 Å². The second-order valence-electron chi connectivity index (χ2n) is 8.43. The third-order valence-electron chi connectivity index (χ3n) is 6.51.